The van der Waals surface area contributed by atoms with E-state index in [-0.39, 0.29) is 43.7 Å². The van der Waals surface area contributed by atoms with E-state index in [0.29, 0.717) is 49.4 Å². The molecular formula is C23H19ClF2N6OS. The first-order chi connectivity index (χ1) is 16.4. The molecule has 3 aliphatic heterocycles. The van der Waals surface area contributed by atoms with E-state index < -0.39 is 17.1 Å². The van der Waals surface area contributed by atoms with Crippen LogP contribution in [0.4, 0.5) is 19.5 Å². The Labute approximate surface area is 202 Å². The van der Waals surface area contributed by atoms with Gasteiger partial charge in [0.2, 0.25) is 0 Å². The second-order valence-corrected chi connectivity index (χ2v) is 10.1. The quantitative estimate of drug-likeness (QED) is 0.348. The van der Waals surface area contributed by atoms with Crippen LogP contribution in [0.1, 0.15) is 33.4 Å². The van der Waals surface area contributed by atoms with E-state index in [4.69, 9.17) is 17.3 Å². The van der Waals surface area contributed by atoms with Crippen molar-refractivity contribution in [3.05, 3.63) is 46.5 Å². The molecule has 2 atom stereocenters. The van der Waals surface area contributed by atoms with Crippen LogP contribution in [0.2, 0.25) is 0 Å². The number of benzene rings is 2. The first-order valence-electron chi connectivity index (χ1n) is 10.9. The van der Waals surface area contributed by atoms with Crippen LogP contribution in [-0.2, 0) is 0 Å². The van der Waals surface area contributed by atoms with Crippen molar-refractivity contribution in [1.82, 2.24) is 15.6 Å². The molecule has 0 aliphatic carbocycles. The molecule has 1 unspecified atom stereocenters. The minimum absolute atomic E-state index is 0.000421. The minimum atomic E-state index is -0.817. The van der Waals surface area contributed by atoms with Crippen LogP contribution in [0.3, 0.4) is 0 Å². The number of nitrogen functional groups attached to an aromatic ring is 1. The van der Waals surface area contributed by atoms with Crippen LogP contribution in [0.25, 0.3) is 21.2 Å². The molecule has 174 valence electrons. The number of fused-ring (bicyclic) bond motifs is 2. The summed E-state index contributed by atoms with van der Waals surface area (Å²) < 4.78 is 30.7. The highest BCUT2D eigenvalue weighted by molar-refractivity contribution is 7.23. The number of halogens is 3. The maximum atomic E-state index is 15.9. The summed E-state index contributed by atoms with van der Waals surface area (Å²) in [7, 11) is 0. The van der Waals surface area contributed by atoms with Crippen LogP contribution in [-0.4, -0.2) is 43.0 Å². The number of hydrogen-bond acceptors (Lipinski definition) is 7. The van der Waals surface area contributed by atoms with Gasteiger partial charge < -0.3 is 21.0 Å². The number of amides is 1. The van der Waals surface area contributed by atoms with Crippen molar-refractivity contribution < 1.29 is 13.6 Å². The van der Waals surface area contributed by atoms with Crippen molar-refractivity contribution in [2.45, 2.75) is 18.0 Å². The van der Waals surface area contributed by atoms with E-state index >= 15 is 4.39 Å². The molecule has 4 N–H and O–H groups in total. The first kappa shape index (κ1) is 21.6. The average molecular weight is 501 g/mol. The number of piperazine rings is 1. The Balaban J connectivity index is 1.64. The maximum absolute atomic E-state index is 15.9. The summed E-state index contributed by atoms with van der Waals surface area (Å²) in [4.78, 5) is 15.3. The number of anilines is 2. The molecule has 1 aromatic heterocycles. The SMILES string of the molecule is N#Cc1c(N)sc2c(F)ccc(-c3c(F)cc4c5c3C(Cl)NN5CC[C@@H]3CNCCN3C4=O)c12. The number of nitrogens with zero attached hydrogens (tertiary/aromatic N) is 3. The van der Waals surface area contributed by atoms with Gasteiger partial charge in [-0.2, -0.15) is 5.26 Å². The monoisotopic (exact) mass is 500 g/mol. The molecule has 1 fully saturated rings. The Morgan fingerprint density at radius 1 is 1.24 bits per heavy atom. The number of hydrogen-bond donors (Lipinski definition) is 3. The highest BCUT2D eigenvalue weighted by atomic mass is 35.5. The van der Waals surface area contributed by atoms with E-state index in [1.807, 2.05) is 11.1 Å². The van der Waals surface area contributed by atoms with E-state index in [1.165, 1.54) is 18.2 Å². The molecule has 7 nitrogen and oxygen atoms in total. The van der Waals surface area contributed by atoms with Crippen molar-refractivity contribution in [3.63, 3.8) is 0 Å². The number of carbonyl (C=O) groups is 1. The largest absolute Gasteiger partial charge is 0.389 e. The van der Waals surface area contributed by atoms with Gasteiger partial charge in [0.05, 0.1) is 21.5 Å². The van der Waals surface area contributed by atoms with E-state index in [0.717, 1.165) is 11.3 Å². The Morgan fingerprint density at radius 3 is 2.85 bits per heavy atom. The summed E-state index contributed by atoms with van der Waals surface area (Å²) in [6.45, 7) is 2.46. The van der Waals surface area contributed by atoms with Crippen molar-refractivity contribution in [1.29, 1.82) is 5.26 Å². The molecule has 2 aromatic carbocycles. The molecule has 34 heavy (non-hydrogen) atoms. The summed E-state index contributed by atoms with van der Waals surface area (Å²) in [5.41, 5.74) is 10.0. The molecule has 0 bridgehead atoms. The van der Waals surface area contributed by atoms with Crippen molar-refractivity contribution in [2.24, 2.45) is 0 Å². The predicted molar refractivity (Wildman–Crippen MR) is 128 cm³/mol. The lowest BCUT2D eigenvalue weighted by Gasteiger charge is -2.40. The smallest absolute Gasteiger partial charge is 0.256 e. The van der Waals surface area contributed by atoms with Gasteiger partial charge in [0.25, 0.3) is 5.91 Å². The lowest BCUT2D eigenvalue weighted by Crippen LogP contribution is -2.56. The van der Waals surface area contributed by atoms with Gasteiger partial charge in [-0.15, -0.1) is 11.3 Å². The van der Waals surface area contributed by atoms with Gasteiger partial charge >= 0.3 is 0 Å². The fraction of sp³-hybridized carbons (Fsp3) is 0.304. The van der Waals surface area contributed by atoms with Crippen LogP contribution in [0.5, 0.6) is 0 Å². The number of thiophene rings is 1. The van der Waals surface area contributed by atoms with Gasteiger partial charge in [-0.3, -0.25) is 4.79 Å². The third kappa shape index (κ3) is 2.94. The third-order valence-corrected chi connectivity index (χ3v) is 8.15. The Bertz CT molecular complexity index is 1420. The molecule has 0 radical (unpaired) electrons. The van der Waals surface area contributed by atoms with Gasteiger partial charge in [0, 0.05) is 48.7 Å². The standard InChI is InChI=1S/C23H19ClF2N6OS/c24-21-18-17(11-1-2-14(25)20-16(11)13(8-27)22(28)34-20)15(26)7-12-19(18)32(30-21)5-3-10-9-29-4-6-31(10)23(12)33/h1-2,7,10,21,29-30H,3-6,9,28H2/t10-,21?/m1/s1. The van der Waals surface area contributed by atoms with Crippen LogP contribution < -0.4 is 21.5 Å². The van der Waals surface area contributed by atoms with Gasteiger partial charge in [-0.25, -0.2) is 14.2 Å². The molecule has 6 rings (SSSR count). The maximum Gasteiger partial charge on any atom is 0.256 e. The number of carbonyl (C=O) groups excluding carboxylic acids is 1. The number of nitrogens with one attached hydrogen (secondary N) is 2. The molecule has 3 aromatic rings. The summed E-state index contributed by atoms with van der Waals surface area (Å²) in [6, 6.07) is 5.93. The Kier molecular flexibility index (Phi) is 4.93. The number of rotatable bonds is 1. The summed E-state index contributed by atoms with van der Waals surface area (Å²) in [5, 5.41) is 15.2. The van der Waals surface area contributed by atoms with E-state index in [9.17, 15) is 14.4 Å². The molecule has 1 amide bonds. The molecule has 11 heteroatoms. The highest BCUT2D eigenvalue weighted by Crippen LogP contribution is 2.50. The van der Waals surface area contributed by atoms with Crippen molar-refractivity contribution in [2.75, 3.05) is 36.9 Å². The van der Waals surface area contributed by atoms with Crippen LogP contribution in [0, 0.1) is 23.0 Å². The topological polar surface area (TPSA) is 97.4 Å². The van der Waals surface area contributed by atoms with Crippen LogP contribution >= 0.6 is 22.9 Å². The zero-order valence-corrected chi connectivity index (χ0v) is 19.4. The number of nitriles is 1. The molecule has 3 aliphatic rings. The normalized spacial score (nSPS) is 21.8. The van der Waals surface area contributed by atoms with E-state index in [1.54, 1.807) is 4.90 Å². The third-order valence-electron chi connectivity index (χ3n) is 6.81. The van der Waals surface area contributed by atoms with Gasteiger partial charge in [-0.05, 0) is 24.1 Å². The average Bonchev–Trinajstić information content (AvgIpc) is 3.34. The van der Waals surface area contributed by atoms with Gasteiger partial charge in [-0.1, -0.05) is 17.7 Å². The Morgan fingerprint density at radius 2 is 2.06 bits per heavy atom. The summed E-state index contributed by atoms with van der Waals surface area (Å²) in [5.74, 6) is -1.44. The number of hydrazine groups is 1. The zero-order chi connectivity index (χ0) is 23.7. The van der Waals surface area contributed by atoms with Gasteiger partial charge in [0.1, 0.15) is 28.2 Å². The second-order valence-electron chi connectivity index (χ2n) is 8.58. The zero-order valence-electron chi connectivity index (χ0n) is 17.8. The minimum Gasteiger partial charge on any atom is -0.389 e. The lowest BCUT2D eigenvalue weighted by atomic mass is 9.90. The summed E-state index contributed by atoms with van der Waals surface area (Å²) >= 11 is 7.64. The molecule has 4 heterocycles. The van der Waals surface area contributed by atoms with E-state index in [2.05, 4.69) is 10.7 Å². The molecule has 0 saturated carbocycles. The Hall–Kier alpha value is -2.97. The predicted octanol–water partition coefficient (Wildman–Crippen LogP) is 3.68. The number of alkyl halides is 1. The first-order valence-corrected chi connectivity index (χ1v) is 12.1. The van der Waals surface area contributed by atoms with Crippen molar-refractivity contribution in [3.8, 4) is 17.2 Å². The molecule has 1 saturated heterocycles. The summed E-state index contributed by atoms with van der Waals surface area (Å²) in [6.07, 6.45) is 0.710. The fourth-order valence-corrected chi connectivity index (χ4v) is 6.58. The molecule has 0 spiro atoms. The fourth-order valence-electron chi connectivity index (χ4n) is 5.30. The van der Waals surface area contributed by atoms with Gasteiger partial charge in [0.15, 0.2) is 0 Å². The second kappa shape index (κ2) is 7.78. The van der Waals surface area contributed by atoms with Crippen molar-refractivity contribution >= 4 is 49.6 Å². The lowest BCUT2D eigenvalue weighted by molar-refractivity contribution is 0.0621. The molecular weight excluding hydrogens is 482 g/mol. The number of nitrogens with two attached hydrogens (primary N) is 1. The highest BCUT2D eigenvalue weighted by Gasteiger charge is 2.41. The van der Waals surface area contributed by atoms with Crippen LogP contribution in [0.15, 0.2) is 18.2 Å².